The Morgan fingerprint density at radius 2 is 2.22 bits per heavy atom. The van der Waals surface area contributed by atoms with Crippen molar-refractivity contribution in [3.05, 3.63) is 45.8 Å². The van der Waals surface area contributed by atoms with Gasteiger partial charge in [-0.2, -0.15) is 0 Å². The number of benzene rings is 1. The van der Waals surface area contributed by atoms with E-state index in [1.54, 1.807) is 13.0 Å². The molecule has 0 saturated carbocycles. The zero-order valence-corrected chi connectivity index (χ0v) is 13.6. The van der Waals surface area contributed by atoms with Gasteiger partial charge in [-0.05, 0) is 43.5 Å². The molecule has 1 aliphatic rings. The summed E-state index contributed by atoms with van der Waals surface area (Å²) in [6.45, 7) is 6.02. The number of carbonyl (C=O) groups is 1. The number of hydrogen-bond donors (Lipinski definition) is 1. The number of nitrogens with zero attached hydrogens (tertiary/aromatic N) is 1. The fourth-order valence-corrected chi connectivity index (χ4v) is 3.31. The molecule has 1 saturated heterocycles. The maximum Gasteiger partial charge on any atom is 0.336 e. The van der Waals surface area contributed by atoms with E-state index in [9.17, 15) is 9.59 Å². The molecular weight excluding hydrogens is 292 g/mol. The summed E-state index contributed by atoms with van der Waals surface area (Å²) in [6.07, 6.45) is 2.05. The van der Waals surface area contributed by atoms with Crippen LogP contribution in [0.2, 0.25) is 0 Å². The van der Waals surface area contributed by atoms with Crippen molar-refractivity contribution < 1.29 is 9.21 Å². The first-order valence-electron chi connectivity index (χ1n) is 8.04. The molecule has 2 aromatic rings. The normalized spacial score (nSPS) is 19.0. The molecule has 0 spiro atoms. The van der Waals surface area contributed by atoms with Crippen molar-refractivity contribution in [2.24, 2.45) is 0 Å². The molecule has 122 valence electrons. The highest BCUT2D eigenvalue weighted by Gasteiger charge is 2.21. The Morgan fingerprint density at radius 1 is 1.39 bits per heavy atom. The van der Waals surface area contributed by atoms with Crippen molar-refractivity contribution in [2.45, 2.75) is 39.3 Å². The van der Waals surface area contributed by atoms with Crippen molar-refractivity contribution >= 4 is 16.9 Å². The Kier molecular flexibility index (Phi) is 4.48. The van der Waals surface area contributed by atoms with E-state index in [0.29, 0.717) is 12.1 Å². The fourth-order valence-electron chi connectivity index (χ4n) is 3.31. The van der Waals surface area contributed by atoms with Gasteiger partial charge in [-0.15, -0.1) is 0 Å². The number of carbonyl (C=O) groups excluding carboxylic acids is 1. The van der Waals surface area contributed by atoms with Crippen LogP contribution in [0.3, 0.4) is 0 Å². The Hall–Kier alpha value is -2.14. The lowest BCUT2D eigenvalue weighted by atomic mass is 10.0. The molecular formula is C18H22N2O3. The van der Waals surface area contributed by atoms with Crippen LogP contribution in [0.5, 0.6) is 0 Å². The Bertz CT molecular complexity index is 781. The maximum absolute atomic E-state index is 11.8. The molecule has 1 aliphatic heterocycles. The van der Waals surface area contributed by atoms with E-state index in [1.165, 1.54) is 0 Å². The second-order valence-corrected chi connectivity index (χ2v) is 6.37. The van der Waals surface area contributed by atoms with Crippen molar-refractivity contribution in [2.75, 3.05) is 13.1 Å². The first-order valence-corrected chi connectivity index (χ1v) is 8.04. The van der Waals surface area contributed by atoms with Crippen molar-refractivity contribution in [3.63, 3.8) is 0 Å². The monoisotopic (exact) mass is 314 g/mol. The predicted molar refractivity (Wildman–Crippen MR) is 89.3 cm³/mol. The topological polar surface area (TPSA) is 62.6 Å². The number of rotatable bonds is 3. The van der Waals surface area contributed by atoms with E-state index < -0.39 is 0 Å². The average molecular weight is 314 g/mol. The van der Waals surface area contributed by atoms with Crippen LogP contribution in [0, 0.1) is 6.92 Å². The van der Waals surface area contributed by atoms with Gasteiger partial charge in [-0.1, -0.05) is 12.1 Å². The first kappa shape index (κ1) is 15.7. The molecule has 3 rings (SSSR count). The largest absolute Gasteiger partial charge is 0.423 e. The van der Waals surface area contributed by atoms with Gasteiger partial charge in [0.2, 0.25) is 5.91 Å². The summed E-state index contributed by atoms with van der Waals surface area (Å²) in [5, 5.41) is 3.98. The van der Waals surface area contributed by atoms with Gasteiger partial charge in [0.1, 0.15) is 5.58 Å². The number of nitrogens with one attached hydrogen (secondary N) is 1. The van der Waals surface area contributed by atoms with Gasteiger partial charge in [0.25, 0.3) is 0 Å². The predicted octanol–water partition coefficient (Wildman–Crippen LogP) is 2.20. The molecule has 0 radical (unpaired) electrons. The smallest absolute Gasteiger partial charge is 0.336 e. The minimum absolute atomic E-state index is 0.0122. The number of hydrogen-bond acceptors (Lipinski definition) is 4. The van der Waals surface area contributed by atoms with Crippen LogP contribution < -0.4 is 10.9 Å². The van der Waals surface area contributed by atoms with Crippen molar-refractivity contribution in [3.8, 4) is 0 Å². The zero-order chi connectivity index (χ0) is 16.4. The first-order chi connectivity index (χ1) is 11.0. The van der Waals surface area contributed by atoms with Crippen LogP contribution in [0.15, 0.2) is 33.5 Å². The summed E-state index contributed by atoms with van der Waals surface area (Å²) in [7, 11) is 0. The molecule has 1 aromatic carbocycles. The maximum atomic E-state index is 11.8. The highest BCUT2D eigenvalue weighted by Crippen LogP contribution is 2.21. The lowest BCUT2D eigenvalue weighted by molar-refractivity contribution is -0.120. The number of piperidine rings is 1. The quantitative estimate of drug-likeness (QED) is 0.882. The van der Waals surface area contributed by atoms with E-state index in [1.807, 2.05) is 25.1 Å². The molecule has 0 bridgehead atoms. The van der Waals surface area contributed by atoms with Gasteiger partial charge in [0.15, 0.2) is 0 Å². The lowest BCUT2D eigenvalue weighted by Gasteiger charge is -2.33. The third-order valence-corrected chi connectivity index (χ3v) is 4.29. The molecule has 2 heterocycles. The van der Waals surface area contributed by atoms with Gasteiger partial charge in [-0.3, -0.25) is 9.69 Å². The third kappa shape index (κ3) is 3.79. The molecule has 23 heavy (non-hydrogen) atoms. The molecule has 5 heteroatoms. The Labute approximate surface area is 135 Å². The standard InChI is InChI=1S/C18H22N2O3/c1-12-5-6-16-14(9-18(22)23-17(16)8-12)10-20-7-3-4-15(11-20)19-13(2)21/h5-6,8-9,15H,3-4,7,10-11H2,1-2H3,(H,19,21). The van der Waals surface area contributed by atoms with E-state index in [-0.39, 0.29) is 17.6 Å². The molecule has 5 nitrogen and oxygen atoms in total. The van der Waals surface area contributed by atoms with E-state index in [4.69, 9.17) is 4.42 Å². The number of fused-ring (bicyclic) bond motifs is 1. The molecule has 0 aliphatic carbocycles. The molecule has 1 unspecified atom stereocenters. The minimum atomic E-state index is -0.312. The number of aryl methyl sites for hydroxylation is 1. The van der Waals surface area contributed by atoms with E-state index in [0.717, 1.165) is 42.4 Å². The Balaban J connectivity index is 1.83. The van der Waals surface area contributed by atoms with Crippen LogP contribution >= 0.6 is 0 Å². The summed E-state index contributed by atoms with van der Waals surface area (Å²) >= 11 is 0. The number of likely N-dealkylation sites (tertiary alicyclic amines) is 1. The summed E-state index contributed by atoms with van der Waals surface area (Å²) in [4.78, 5) is 25.4. The summed E-state index contributed by atoms with van der Waals surface area (Å²) in [5.41, 5.74) is 2.39. The summed E-state index contributed by atoms with van der Waals surface area (Å²) in [5.74, 6) is 0.0122. The molecule has 1 amide bonds. The minimum Gasteiger partial charge on any atom is -0.423 e. The highest BCUT2D eigenvalue weighted by atomic mass is 16.4. The van der Waals surface area contributed by atoms with E-state index >= 15 is 0 Å². The van der Waals surface area contributed by atoms with Crippen LogP contribution in [0.4, 0.5) is 0 Å². The fraction of sp³-hybridized carbons (Fsp3) is 0.444. The van der Waals surface area contributed by atoms with Crippen molar-refractivity contribution in [1.82, 2.24) is 10.2 Å². The second-order valence-electron chi connectivity index (χ2n) is 6.37. The second kappa shape index (κ2) is 6.54. The van der Waals surface area contributed by atoms with Crippen LogP contribution in [-0.4, -0.2) is 29.9 Å². The lowest BCUT2D eigenvalue weighted by Crippen LogP contribution is -2.46. The molecule has 1 aromatic heterocycles. The average Bonchev–Trinajstić information content (AvgIpc) is 2.46. The Morgan fingerprint density at radius 3 is 3.00 bits per heavy atom. The number of amides is 1. The van der Waals surface area contributed by atoms with Gasteiger partial charge >= 0.3 is 5.63 Å². The van der Waals surface area contributed by atoms with Crippen LogP contribution in [-0.2, 0) is 11.3 Å². The third-order valence-electron chi connectivity index (χ3n) is 4.29. The van der Waals surface area contributed by atoms with Gasteiger partial charge < -0.3 is 9.73 Å². The molecule has 1 atom stereocenters. The molecule has 1 N–H and O–H groups in total. The highest BCUT2D eigenvalue weighted by molar-refractivity contribution is 5.80. The van der Waals surface area contributed by atoms with Gasteiger partial charge in [0.05, 0.1) is 0 Å². The summed E-state index contributed by atoms with van der Waals surface area (Å²) in [6, 6.07) is 7.71. The summed E-state index contributed by atoms with van der Waals surface area (Å²) < 4.78 is 5.31. The van der Waals surface area contributed by atoms with Gasteiger partial charge in [0, 0.05) is 37.5 Å². The SMILES string of the molecule is CC(=O)NC1CCCN(Cc2cc(=O)oc3cc(C)ccc23)C1. The van der Waals surface area contributed by atoms with Gasteiger partial charge in [-0.25, -0.2) is 4.79 Å². The van der Waals surface area contributed by atoms with Crippen LogP contribution in [0.25, 0.3) is 11.0 Å². The zero-order valence-electron chi connectivity index (χ0n) is 13.6. The van der Waals surface area contributed by atoms with Crippen molar-refractivity contribution in [1.29, 1.82) is 0 Å². The van der Waals surface area contributed by atoms with E-state index in [2.05, 4.69) is 10.2 Å². The van der Waals surface area contributed by atoms with Crippen LogP contribution in [0.1, 0.15) is 30.9 Å². The molecule has 1 fully saturated rings.